The van der Waals surface area contributed by atoms with Crippen LogP contribution in [-0.4, -0.2) is 17.2 Å². The van der Waals surface area contributed by atoms with Crippen molar-refractivity contribution in [2.24, 2.45) is 0 Å². The van der Waals surface area contributed by atoms with Gasteiger partial charge in [-0.15, -0.1) is 0 Å². The van der Waals surface area contributed by atoms with E-state index in [-0.39, 0.29) is 0 Å². The highest BCUT2D eigenvalue weighted by Gasteiger charge is 2.36. The zero-order chi connectivity index (χ0) is 9.03. The van der Waals surface area contributed by atoms with Gasteiger partial charge in [0.15, 0.2) is 0 Å². The second-order valence-electron chi connectivity index (χ2n) is 2.98. The minimum atomic E-state index is -1.32. The Labute approximate surface area is 73.1 Å². The monoisotopic (exact) mass is 164 g/mol. The molecule has 0 saturated heterocycles. The second-order valence-corrected chi connectivity index (χ2v) is 2.98. The molecular formula is C9H13BO2. The second kappa shape index (κ2) is 3.74. The zero-order valence-electron chi connectivity index (χ0n) is 7.14. The first-order chi connectivity index (χ1) is 5.71. The van der Waals surface area contributed by atoms with Gasteiger partial charge in [0.1, 0.15) is 0 Å². The van der Waals surface area contributed by atoms with Gasteiger partial charge in [-0.25, -0.2) is 0 Å². The van der Waals surface area contributed by atoms with Crippen molar-refractivity contribution in [3.63, 3.8) is 0 Å². The standard InChI is InChI=1S/C9H13BO2/c1-2-6-9(10(11)12)7-4-3-5-8-9/h2-7,11-12H,8H2,1H3/b6-2+. The molecule has 0 amide bonds. The maximum Gasteiger partial charge on any atom is 0.466 e. The summed E-state index contributed by atoms with van der Waals surface area (Å²) in [6.45, 7) is 1.87. The lowest BCUT2D eigenvalue weighted by Gasteiger charge is -2.26. The van der Waals surface area contributed by atoms with E-state index in [9.17, 15) is 10.0 Å². The lowest BCUT2D eigenvalue weighted by Crippen LogP contribution is -2.30. The molecule has 0 aromatic heterocycles. The Kier molecular flexibility index (Phi) is 2.90. The fraction of sp³-hybridized carbons (Fsp3) is 0.333. The molecule has 1 atom stereocenters. The molecule has 1 rings (SSSR count). The fourth-order valence-electron chi connectivity index (χ4n) is 1.36. The van der Waals surface area contributed by atoms with Crippen LogP contribution in [-0.2, 0) is 0 Å². The van der Waals surface area contributed by atoms with Crippen LogP contribution in [0.5, 0.6) is 0 Å². The predicted molar refractivity (Wildman–Crippen MR) is 50.6 cm³/mol. The molecule has 1 aliphatic rings. The van der Waals surface area contributed by atoms with E-state index in [1.807, 2.05) is 43.4 Å². The molecule has 0 fully saturated rings. The molecule has 3 heteroatoms. The predicted octanol–water partition coefficient (Wildman–Crippen LogP) is 1.29. The Morgan fingerprint density at radius 2 is 2.17 bits per heavy atom. The van der Waals surface area contributed by atoms with Crippen molar-refractivity contribution >= 4 is 7.12 Å². The summed E-state index contributed by atoms with van der Waals surface area (Å²) in [4.78, 5) is 0. The summed E-state index contributed by atoms with van der Waals surface area (Å²) >= 11 is 0. The SMILES string of the molecule is C/C=C/C1(B(O)O)C=CC=CC1. The van der Waals surface area contributed by atoms with Crippen LogP contribution in [0, 0.1) is 0 Å². The lowest BCUT2D eigenvalue weighted by molar-refractivity contribution is 0.375. The van der Waals surface area contributed by atoms with Crippen LogP contribution < -0.4 is 0 Å². The summed E-state index contributed by atoms with van der Waals surface area (Å²) in [5, 5.41) is 17.7. The Morgan fingerprint density at radius 1 is 1.42 bits per heavy atom. The van der Waals surface area contributed by atoms with E-state index in [4.69, 9.17) is 0 Å². The first-order valence-electron chi connectivity index (χ1n) is 4.05. The van der Waals surface area contributed by atoms with Crippen LogP contribution in [0.2, 0.25) is 5.31 Å². The molecule has 0 spiro atoms. The van der Waals surface area contributed by atoms with Crippen molar-refractivity contribution in [3.05, 3.63) is 36.5 Å². The van der Waals surface area contributed by atoms with Gasteiger partial charge in [-0.3, -0.25) is 0 Å². The van der Waals surface area contributed by atoms with Gasteiger partial charge in [0.25, 0.3) is 0 Å². The summed E-state index contributed by atoms with van der Waals surface area (Å²) in [6.07, 6.45) is 11.8. The van der Waals surface area contributed by atoms with E-state index in [1.165, 1.54) is 0 Å². The van der Waals surface area contributed by atoms with Crippen LogP contribution in [0.15, 0.2) is 36.5 Å². The highest BCUT2D eigenvalue weighted by molar-refractivity contribution is 6.47. The van der Waals surface area contributed by atoms with Crippen molar-refractivity contribution < 1.29 is 10.0 Å². The van der Waals surface area contributed by atoms with Gasteiger partial charge in [-0.1, -0.05) is 36.5 Å². The quantitative estimate of drug-likeness (QED) is 0.476. The average molecular weight is 164 g/mol. The lowest BCUT2D eigenvalue weighted by atomic mass is 9.55. The summed E-state index contributed by atoms with van der Waals surface area (Å²) in [7, 11) is -1.32. The number of allylic oxidation sites excluding steroid dienone is 6. The molecule has 0 aliphatic heterocycles. The average Bonchev–Trinajstić information content (AvgIpc) is 2.06. The topological polar surface area (TPSA) is 40.5 Å². The Hall–Kier alpha value is -0.795. The third kappa shape index (κ3) is 1.68. The van der Waals surface area contributed by atoms with Crippen LogP contribution in [0.1, 0.15) is 13.3 Å². The molecule has 2 nitrogen and oxygen atoms in total. The molecule has 0 aromatic carbocycles. The highest BCUT2D eigenvalue weighted by Crippen LogP contribution is 2.38. The van der Waals surface area contributed by atoms with E-state index in [0.29, 0.717) is 6.42 Å². The van der Waals surface area contributed by atoms with E-state index >= 15 is 0 Å². The third-order valence-electron chi connectivity index (χ3n) is 2.08. The van der Waals surface area contributed by atoms with Gasteiger partial charge >= 0.3 is 7.12 Å². The van der Waals surface area contributed by atoms with E-state index in [0.717, 1.165) is 0 Å². The molecular weight excluding hydrogens is 151 g/mol. The van der Waals surface area contributed by atoms with Crippen molar-refractivity contribution in [1.82, 2.24) is 0 Å². The molecule has 0 bridgehead atoms. The molecule has 0 saturated carbocycles. The maximum atomic E-state index is 9.18. The molecule has 64 valence electrons. The van der Waals surface area contributed by atoms with Crippen LogP contribution in [0.3, 0.4) is 0 Å². The van der Waals surface area contributed by atoms with Gasteiger partial charge in [-0.2, -0.15) is 0 Å². The molecule has 0 aromatic rings. The Balaban J connectivity index is 2.87. The summed E-state index contributed by atoms with van der Waals surface area (Å²) in [5.41, 5.74) is 0. The first kappa shape index (κ1) is 9.29. The van der Waals surface area contributed by atoms with Gasteiger partial charge in [0, 0.05) is 5.31 Å². The van der Waals surface area contributed by atoms with Crippen molar-refractivity contribution in [2.75, 3.05) is 0 Å². The van der Waals surface area contributed by atoms with Gasteiger partial charge in [0.2, 0.25) is 0 Å². The summed E-state index contributed by atoms with van der Waals surface area (Å²) in [5.74, 6) is 0. The summed E-state index contributed by atoms with van der Waals surface area (Å²) in [6, 6.07) is 0. The number of rotatable bonds is 2. The molecule has 12 heavy (non-hydrogen) atoms. The molecule has 0 radical (unpaired) electrons. The fourth-order valence-corrected chi connectivity index (χ4v) is 1.36. The van der Waals surface area contributed by atoms with Crippen molar-refractivity contribution in [1.29, 1.82) is 0 Å². The number of hydrogen-bond donors (Lipinski definition) is 2. The maximum absolute atomic E-state index is 9.18. The zero-order valence-corrected chi connectivity index (χ0v) is 7.14. The number of hydrogen-bond acceptors (Lipinski definition) is 2. The minimum absolute atomic E-state index is 0.608. The largest absolute Gasteiger partial charge is 0.466 e. The van der Waals surface area contributed by atoms with Crippen LogP contribution in [0.4, 0.5) is 0 Å². The molecule has 1 unspecified atom stereocenters. The van der Waals surface area contributed by atoms with Crippen molar-refractivity contribution in [3.8, 4) is 0 Å². The molecule has 0 heterocycles. The van der Waals surface area contributed by atoms with Gasteiger partial charge < -0.3 is 10.0 Å². The minimum Gasteiger partial charge on any atom is -0.426 e. The van der Waals surface area contributed by atoms with E-state index in [2.05, 4.69) is 0 Å². The van der Waals surface area contributed by atoms with Crippen LogP contribution in [0.25, 0.3) is 0 Å². The van der Waals surface area contributed by atoms with E-state index in [1.54, 1.807) is 0 Å². The Bertz CT molecular complexity index is 231. The summed E-state index contributed by atoms with van der Waals surface area (Å²) < 4.78 is 0. The third-order valence-corrected chi connectivity index (χ3v) is 2.08. The van der Waals surface area contributed by atoms with Gasteiger partial charge in [-0.05, 0) is 13.3 Å². The van der Waals surface area contributed by atoms with Crippen LogP contribution >= 0.6 is 0 Å². The van der Waals surface area contributed by atoms with Crippen molar-refractivity contribution in [2.45, 2.75) is 18.7 Å². The molecule has 1 aliphatic carbocycles. The van der Waals surface area contributed by atoms with Gasteiger partial charge in [0.05, 0.1) is 0 Å². The van der Waals surface area contributed by atoms with E-state index < -0.39 is 12.4 Å². The normalized spacial score (nSPS) is 28.2. The smallest absolute Gasteiger partial charge is 0.426 e. The highest BCUT2D eigenvalue weighted by atomic mass is 16.4. The first-order valence-corrected chi connectivity index (χ1v) is 4.05. The Morgan fingerprint density at radius 3 is 2.58 bits per heavy atom. The molecule has 2 N–H and O–H groups in total.